The van der Waals surface area contributed by atoms with Crippen LogP contribution in [0.1, 0.15) is 44.6 Å². The Morgan fingerprint density at radius 1 is 1.26 bits per heavy atom. The Balaban J connectivity index is 1.87. The highest BCUT2D eigenvalue weighted by molar-refractivity contribution is 9.09. The highest BCUT2D eigenvalue weighted by Crippen LogP contribution is 2.43. The minimum absolute atomic E-state index is 0.513. The Hall–Kier alpha value is -0.500. The van der Waals surface area contributed by atoms with Crippen molar-refractivity contribution in [2.45, 2.75) is 51.5 Å². The maximum atomic E-state index is 3.79. The van der Waals surface area contributed by atoms with Crippen LogP contribution >= 0.6 is 15.9 Å². The van der Waals surface area contributed by atoms with Gasteiger partial charge in [0.1, 0.15) is 0 Å². The van der Waals surface area contributed by atoms with Crippen LogP contribution in [0.2, 0.25) is 0 Å². The van der Waals surface area contributed by atoms with Crippen LogP contribution in [0.15, 0.2) is 24.3 Å². The Morgan fingerprint density at radius 2 is 2.00 bits per heavy atom. The maximum absolute atomic E-state index is 3.79. The first-order chi connectivity index (χ1) is 9.24. The number of para-hydroxylation sites is 1. The van der Waals surface area contributed by atoms with Crippen molar-refractivity contribution in [1.29, 1.82) is 0 Å². The van der Waals surface area contributed by atoms with Gasteiger partial charge in [0.25, 0.3) is 0 Å². The largest absolute Gasteiger partial charge is 0.368 e. The first-order valence-corrected chi connectivity index (χ1v) is 8.77. The van der Waals surface area contributed by atoms with Gasteiger partial charge in [-0.3, -0.25) is 0 Å². The predicted octanol–water partition coefficient (Wildman–Crippen LogP) is 4.78. The highest BCUT2D eigenvalue weighted by atomic mass is 79.9. The van der Waals surface area contributed by atoms with Crippen molar-refractivity contribution in [3.63, 3.8) is 0 Å². The molecule has 1 aliphatic heterocycles. The maximum Gasteiger partial charge on any atom is 0.0401 e. The molecule has 1 heterocycles. The first-order valence-electron chi connectivity index (χ1n) is 7.65. The van der Waals surface area contributed by atoms with Gasteiger partial charge in [-0.15, -0.1) is 0 Å². The number of nitrogens with zero attached hydrogens (tertiary/aromatic N) is 1. The molecule has 3 rings (SSSR count). The summed E-state index contributed by atoms with van der Waals surface area (Å²) in [6, 6.07) is 9.69. The molecule has 2 aliphatic rings. The molecule has 1 aromatic rings. The van der Waals surface area contributed by atoms with Gasteiger partial charge in [-0.05, 0) is 49.7 Å². The summed E-state index contributed by atoms with van der Waals surface area (Å²) in [6.45, 7) is 3.63. The number of benzene rings is 1. The molecule has 0 bridgehead atoms. The van der Waals surface area contributed by atoms with Gasteiger partial charge in [0, 0.05) is 23.6 Å². The van der Waals surface area contributed by atoms with Crippen LogP contribution in [-0.2, 0) is 6.42 Å². The second-order valence-corrected chi connectivity index (χ2v) is 7.05. The van der Waals surface area contributed by atoms with E-state index in [9.17, 15) is 0 Å². The molecule has 1 nitrogen and oxygen atoms in total. The SMILES string of the molecule is CC1CCc2ccccc2N1CC1(CBr)CCCC1. The van der Waals surface area contributed by atoms with E-state index in [0.717, 1.165) is 5.33 Å². The Kier molecular flexibility index (Phi) is 3.88. The topological polar surface area (TPSA) is 3.24 Å². The van der Waals surface area contributed by atoms with Gasteiger partial charge in [0.2, 0.25) is 0 Å². The number of anilines is 1. The van der Waals surface area contributed by atoms with E-state index in [4.69, 9.17) is 0 Å². The lowest BCUT2D eigenvalue weighted by Crippen LogP contribution is -2.45. The lowest BCUT2D eigenvalue weighted by Gasteiger charge is -2.42. The Morgan fingerprint density at radius 3 is 2.74 bits per heavy atom. The number of hydrogen-bond acceptors (Lipinski definition) is 1. The molecule has 0 radical (unpaired) electrons. The fourth-order valence-corrected chi connectivity index (χ4v) is 4.56. The second kappa shape index (κ2) is 5.47. The van der Waals surface area contributed by atoms with Crippen molar-refractivity contribution in [2.24, 2.45) is 5.41 Å². The van der Waals surface area contributed by atoms with Gasteiger partial charge in [0.05, 0.1) is 0 Å². The van der Waals surface area contributed by atoms with Crippen LogP contribution in [0, 0.1) is 5.41 Å². The highest BCUT2D eigenvalue weighted by Gasteiger charge is 2.37. The van der Waals surface area contributed by atoms with E-state index < -0.39 is 0 Å². The molecule has 104 valence electrons. The number of hydrogen-bond donors (Lipinski definition) is 0. The molecule has 0 amide bonds. The van der Waals surface area contributed by atoms with Crippen LogP contribution in [0.5, 0.6) is 0 Å². The summed E-state index contributed by atoms with van der Waals surface area (Å²) in [6.07, 6.45) is 8.16. The van der Waals surface area contributed by atoms with E-state index in [1.807, 2.05) is 0 Å². The number of rotatable bonds is 3. The van der Waals surface area contributed by atoms with E-state index in [-0.39, 0.29) is 0 Å². The fourth-order valence-electron chi connectivity index (χ4n) is 3.82. The summed E-state index contributed by atoms with van der Waals surface area (Å²) in [5.41, 5.74) is 3.55. The molecule has 1 aliphatic carbocycles. The number of halogens is 1. The van der Waals surface area contributed by atoms with Crippen LogP contribution < -0.4 is 4.90 Å². The monoisotopic (exact) mass is 321 g/mol. The third kappa shape index (κ3) is 2.56. The average molecular weight is 322 g/mol. The lowest BCUT2D eigenvalue weighted by molar-refractivity contribution is 0.333. The van der Waals surface area contributed by atoms with E-state index >= 15 is 0 Å². The number of aryl methyl sites for hydroxylation is 1. The number of fused-ring (bicyclic) bond motifs is 1. The molecule has 1 unspecified atom stereocenters. The molecule has 1 saturated carbocycles. The van der Waals surface area contributed by atoms with Crippen LogP contribution in [0.4, 0.5) is 5.69 Å². The van der Waals surface area contributed by atoms with Crippen molar-refractivity contribution in [2.75, 3.05) is 16.8 Å². The summed E-state index contributed by atoms with van der Waals surface area (Å²) >= 11 is 3.79. The summed E-state index contributed by atoms with van der Waals surface area (Å²) in [4.78, 5) is 2.69. The first kappa shape index (κ1) is 13.5. The van der Waals surface area contributed by atoms with Crippen molar-refractivity contribution in [3.05, 3.63) is 29.8 Å². The third-order valence-electron chi connectivity index (χ3n) is 5.12. The molecule has 0 aromatic heterocycles. The second-order valence-electron chi connectivity index (χ2n) is 6.49. The quantitative estimate of drug-likeness (QED) is 0.724. The van der Waals surface area contributed by atoms with Gasteiger partial charge in [-0.1, -0.05) is 47.0 Å². The zero-order valence-corrected chi connectivity index (χ0v) is 13.5. The lowest BCUT2D eigenvalue weighted by atomic mass is 9.85. The van der Waals surface area contributed by atoms with E-state index in [1.165, 1.54) is 50.8 Å². The van der Waals surface area contributed by atoms with Crippen LogP contribution in [-0.4, -0.2) is 17.9 Å². The average Bonchev–Trinajstić information content (AvgIpc) is 2.91. The molecule has 1 fully saturated rings. The summed E-state index contributed by atoms with van der Waals surface area (Å²) in [5.74, 6) is 0. The molecule has 2 heteroatoms. The molecule has 0 saturated heterocycles. The fraction of sp³-hybridized carbons (Fsp3) is 0.647. The van der Waals surface area contributed by atoms with Crippen molar-refractivity contribution in [3.8, 4) is 0 Å². The summed E-state index contributed by atoms with van der Waals surface area (Å²) in [5, 5.41) is 1.16. The van der Waals surface area contributed by atoms with E-state index in [2.05, 4.69) is 52.0 Å². The molecule has 0 N–H and O–H groups in total. The van der Waals surface area contributed by atoms with E-state index in [1.54, 1.807) is 5.56 Å². The normalized spacial score (nSPS) is 25.4. The molecule has 1 atom stereocenters. The van der Waals surface area contributed by atoms with Crippen LogP contribution in [0.3, 0.4) is 0 Å². The third-order valence-corrected chi connectivity index (χ3v) is 6.31. The smallest absolute Gasteiger partial charge is 0.0401 e. The standard InChI is InChI=1S/C17H24BrN/c1-14-8-9-15-6-2-3-7-16(15)19(14)13-17(12-18)10-4-5-11-17/h2-3,6-7,14H,4-5,8-13H2,1H3. The molecule has 1 aromatic carbocycles. The zero-order valence-electron chi connectivity index (χ0n) is 11.9. The molecular weight excluding hydrogens is 298 g/mol. The molecular formula is C17H24BrN. The minimum Gasteiger partial charge on any atom is -0.368 e. The van der Waals surface area contributed by atoms with Crippen LogP contribution in [0.25, 0.3) is 0 Å². The van der Waals surface area contributed by atoms with Crippen molar-refractivity contribution >= 4 is 21.6 Å². The van der Waals surface area contributed by atoms with Gasteiger partial charge in [-0.2, -0.15) is 0 Å². The predicted molar refractivity (Wildman–Crippen MR) is 86.3 cm³/mol. The Bertz CT molecular complexity index is 437. The van der Waals surface area contributed by atoms with Gasteiger partial charge >= 0.3 is 0 Å². The zero-order chi connectivity index (χ0) is 13.3. The number of alkyl halides is 1. The van der Waals surface area contributed by atoms with E-state index in [0.29, 0.717) is 11.5 Å². The van der Waals surface area contributed by atoms with Gasteiger partial charge in [-0.25, -0.2) is 0 Å². The minimum atomic E-state index is 0.513. The van der Waals surface area contributed by atoms with Gasteiger partial charge < -0.3 is 4.90 Å². The van der Waals surface area contributed by atoms with Crippen molar-refractivity contribution in [1.82, 2.24) is 0 Å². The van der Waals surface area contributed by atoms with Crippen molar-refractivity contribution < 1.29 is 0 Å². The summed E-state index contributed by atoms with van der Waals surface area (Å²) in [7, 11) is 0. The summed E-state index contributed by atoms with van der Waals surface area (Å²) < 4.78 is 0. The molecule has 19 heavy (non-hydrogen) atoms. The molecule has 0 spiro atoms. The van der Waals surface area contributed by atoms with Gasteiger partial charge in [0.15, 0.2) is 0 Å². The Labute approximate surface area is 125 Å².